The van der Waals surface area contributed by atoms with Crippen LogP contribution in [0.25, 0.3) is 0 Å². The predicted octanol–water partition coefficient (Wildman–Crippen LogP) is 1.96. The highest BCUT2D eigenvalue weighted by atomic mass is 32.1. The van der Waals surface area contributed by atoms with Crippen molar-refractivity contribution in [3.8, 4) is 0 Å². The summed E-state index contributed by atoms with van der Waals surface area (Å²) in [5.41, 5.74) is 0. The fourth-order valence-electron chi connectivity index (χ4n) is 4.04. The molecule has 1 unspecified atom stereocenters. The number of rotatable bonds is 6. The number of thiophene rings is 1. The van der Waals surface area contributed by atoms with Gasteiger partial charge in [0.1, 0.15) is 5.76 Å². The lowest BCUT2D eigenvalue weighted by Gasteiger charge is -2.35. The molecule has 2 fully saturated rings. The highest BCUT2D eigenvalue weighted by molar-refractivity contribution is 7.10. The summed E-state index contributed by atoms with van der Waals surface area (Å²) in [7, 11) is 0. The Morgan fingerprint density at radius 2 is 1.97 bits per heavy atom. The second kappa shape index (κ2) is 9.06. The normalized spacial score (nSPS) is 20.9. The lowest BCUT2D eigenvalue weighted by atomic mass is 10.2. The molecule has 0 aliphatic carbocycles. The summed E-state index contributed by atoms with van der Waals surface area (Å²) in [4.78, 5) is 32.7. The van der Waals surface area contributed by atoms with E-state index in [1.807, 2.05) is 4.90 Å². The molecule has 2 aliphatic heterocycles. The Morgan fingerprint density at radius 1 is 1.21 bits per heavy atom. The molecule has 2 aliphatic rings. The van der Waals surface area contributed by atoms with Crippen molar-refractivity contribution in [2.45, 2.75) is 25.8 Å². The quantitative estimate of drug-likeness (QED) is 0.774. The topological polar surface area (TPSA) is 81.9 Å². The van der Waals surface area contributed by atoms with Gasteiger partial charge in [0.25, 0.3) is 0 Å². The third kappa shape index (κ3) is 5.04. The molecule has 8 nitrogen and oxygen atoms in total. The van der Waals surface area contributed by atoms with E-state index in [0.717, 1.165) is 45.6 Å². The summed E-state index contributed by atoms with van der Waals surface area (Å²) < 4.78 is 4.96. The highest BCUT2D eigenvalue weighted by Gasteiger charge is 2.32. The molecule has 1 atom stereocenters. The van der Waals surface area contributed by atoms with Crippen molar-refractivity contribution in [3.05, 3.63) is 34.2 Å². The number of anilines is 1. The number of carbonyl (C=O) groups is 2. The van der Waals surface area contributed by atoms with Gasteiger partial charge in [-0.1, -0.05) is 11.2 Å². The van der Waals surface area contributed by atoms with Crippen LogP contribution in [0.3, 0.4) is 0 Å². The van der Waals surface area contributed by atoms with Crippen molar-refractivity contribution in [1.82, 2.24) is 19.9 Å². The summed E-state index contributed by atoms with van der Waals surface area (Å²) in [5.74, 6) is 1.23. The second-order valence-electron chi connectivity index (χ2n) is 7.68. The minimum Gasteiger partial charge on any atom is -0.360 e. The number of amides is 2. The van der Waals surface area contributed by atoms with Gasteiger partial charge in [-0.3, -0.25) is 19.4 Å². The molecule has 2 aromatic rings. The van der Waals surface area contributed by atoms with Gasteiger partial charge in [-0.05, 0) is 31.2 Å². The van der Waals surface area contributed by atoms with Crippen LogP contribution in [-0.4, -0.2) is 77.5 Å². The van der Waals surface area contributed by atoms with E-state index in [0.29, 0.717) is 24.7 Å². The van der Waals surface area contributed by atoms with Gasteiger partial charge in [0, 0.05) is 43.7 Å². The molecule has 4 heterocycles. The monoisotopic (exact) mass is 417 g/mol. The average Bonchev–Trinajstić information content (AvgIpc) is 3.44. The third-order valence-electron chi connectivity index (χ3n) is 5.53. The number of nitrogens with one attached hydrogen (secondary N) is 1. The number of aryl methyl sites for hydroxylation is 1. The van der Waals surface area contributed by atoms with Crippen LogP contribution in [0.1, 0.15) is 29.5 Å². The standard InChI is InChI=1S/C20H27N5O3S/c1-15-12-18(22-28-15)21-19(26)13-23-7-9-24(10-8-23)14-20(27)25-6-2-4-16(25)17-5-3-11-29-17/h3,5,11-12,16H,2,4,6-10,13-14H2,1H3,(H,21,22,26). The Kier molecular flexibility index (Phi) is 6.27. The molecule has 0 saturated carbocycles. The molecule has 156 valence electrons. The van der Waals surface area contributed by atoms with Crippen LogP contribution in [-0.2, 0) is 9.59 Å². The first-order chi connectivity index (χ1) is 14.1. The Labute approximate surface area is 174 Å². The lowest BCUT2D eigenvalue weighted by Crippen LogP contribution is -2.51. The van der Waals surface area contributed by atoms with E-state index >= 15 is 0 Å². The summed E-state index contributed by atoms with van der Waals surface area (Å²) in [6, 6.07) is 6.13. The number of likely N-dealkylation sites (tertiary alicyclic amines) is 1. The van der Waals surface area contributed by atoms with E-state index in [1.54, 1.807) is 24.3 Å². The van der Waals surface area contributed by atoms with Crippen molar-refractivity contribution < 1.29 is 14.1 Å². The number of hydrogen-bond donors (Lipinski definition) is 1. The van der Waals surface area contributed by atoms with E-state index in [-0.39, 0.29) is 17.9 Å². The largest absolute Gasteiger partial charge is 0.360 e. The smallest absolute Gasteiger partial charge is 0.239 e. The zero-order valence-corrected chi connectivity index (χ0v) is 17.5. The predicted molar refractivity (Wildman–Crippen MR) is 111 cm³/mol. The Hall–Kier alpha value is -2.23. The molecule has 0 spiro atoms. The van der Waals surface area contributed by atoms with Crippen molar-refractivity contribution in [1.29, 1.82) is 0 Å². The number of piperazine rings is 1. The SMILES string of the molecule is Cc1cc(NC(=O)CN2CCN(CC(=O)N3CCCC3c3cccs3)CC2)no1. The van der Waals surface area contributed by atoms with Crippen LogP contribution in [0.15, 0.2) is 28.1 Å². The minimum absolute atomic E-state index is 0.0984. The average molecular weight is 418 g/mol. The van der Waals surface area contributed by atoms with Crippen LogP contribution in [0.4, 0.5) is 5.82 Å². The molecule has 4 rings (SSSR count). The highest BCUT2D eigenvalue weighted by Crippen LogP contribution is 2.34. The summed E-state index contributed by atoms with van der Waals surface area (Å²) in [6.07, 6.45) is 2.13. The maximum atomic E-state index is 12.9. The van der Waals surface area contributed by atoms with Gasteiger partial charge in [0.2, 0.25) is 11.8 Å². The molecule has 9 heteroatoms. The van der Waals surface area contributed by atoms with Crippen LogP contribution in [0.2, 0.25) is 0 Å². The van der Waals surface area contributed by atoms with Crippen molar-refractivity contribution >= 4 is 29.0 Å². The first kappa shape index (κ1) is 20.1. The van der Waals surface area contributed by atoms with Gasteiger partial charge in [0.15, 0.2) is 5.82 Å². The summed E-state index contributed by atoms with van der Waals surface area (Å²) in [6.45, 7) is 6.54. The molecule has 0 bridgehead atoms. The van der Waals surface area contributed by atoms with Gasteiger partial charge >= 0.3 is 0 Å². The maximum absolute atomic E-state index is 12.9. The van der Waals surface area contributed by atoms with Crippen LogP contribution >= 0.6 is 11.3 Å². The Balaban J connectivity index is 1.21. The number of hydrogen-bond acceptors (Lipinski definition) is 7. The zero-order chi connectivity index (χ0) is 20.2. The van der Waals surface area contributed by atoms with Crippen molar-refractivity contribution in [3.63, 3.8) is 0 Å². The molecule has 2 amide bonds. The van der Waals surface area contributed by atoms with Gasteiger partial charge in [0.05, 0.1) is 19.1 Å². The third-order valence-corrected chi connectivity index (χ3v) is 6.50. The lowest BCUT2D eigenvalue weighted by molar-refractivity contribution is -0.134. The molecule has 2 saturated heterocycles. The van der Waals surface area contributed by atoms with Crippen LogP contribution in [0, 0.1) is 6.92 Å². The maximum Gasteiger partial charge on any atom is 0.239 e. The molecular formula is C20H27N5O3S. The molecule has 1 N–H and O–H groups in total. The fraction of sp³-hybridized carbons (Fsp3) is 0.550. The van der Waals surface area contributed by atoms with Gasteiger partial charge in [-0.25, -0.2) is 0 Å². The van der Waals surface area contributed by atoms with E-state index in [4.69, 9.17) is 4.52 Å². The molecule has 0 aromatic carbocycles. The first-order valence-electron chi connectivity index (χ1n) is 10.1. The second-order valence-corrected chi connectivity index (χ2v) is 8.66. The van der Waals surface area contributed by atoms with Crippen LogP contribution < -0.4 is 5.32 Å². The zero-order valence-electron chi connectivity index (χ0n) is 16.7. The summed E-state index contributed by atoms with van der Waals surface area (Å²) in [5, 5.41) is 8.61. The van der Waals surface area contributed by atoms with E-state index in [9.17, 15) is 9.59 Å². The van der Waals surface area contributed by atoms with Gasteiger partial charge < -0.3 is 14.7 Å². The fourth-order valence-corrected chi connectivity index (χ4v) is 4.91. The van der Waals surface area contributed by atoms with Crippen molar-refractivity contribution in [2.75, 3.05) is 51.1 Å². The Bertz CT molecular complexity index is 829. The number of carbonyl (C=O) groups excluding carboxylic acids is 2. The summed E-state index contributed by atoms with van der Waals surface area (Å²) >= 11 is 1.73. The number of nitrogens with zero attached hydrogens (tertiary/aromatic N) is 4. The first-order valence-corrected chi connectivity index (χ1v) is 11.0. The van der Waals surface area contributed by atoms with E-state index in [2.05, 4.69) is 37.8 Å². The number of aromatic nitrogens is 1. The van der Waals surface area contributed by atoms with Gasteiger partial charge in [-0.2, -0.15) is 0 Å². The van der Waals surface area contributed by atoms with Gasteiger partial charge in [-0.15, -0.1) is 11.3 Å². The van der Waals surface area contributed by atoms with E-state index < -0.39 is 0 Å². The molecule has 29 heavy (non-hydrogen) atoms. The molecule has 2 aromatic heterocycles. The molecular weight excluding hydrogens is 390 g/mol. The minimum atomic E-state index is -0.0984. The molecule has 0 radical (unpaired) electrons. The van der Waals surface area contributed by atoms with E-state index in [1.165, 1.54) is 4.88 Å². The van der Waals surface area contributed by atoms with Crippen LogP contribution in [0.5, 0.6) is 0 Å². The van der Waals surface area contributed by atoms with Crippen molar-refractivity contribution in [2.24, 2.45) is 0 Å². The Morgan fingerprint density at radius 3 is 2.62 bits per heavy atom.